The Kier molecular flexibility index (Phi) is 7.62. The van der Waals surface area contributed by atoms with Crippen LogP contribution in [0.3, 0.4) is 0 Å². The molecule has 0 aliphatic heterocycles. The predicted octanol–water partition coefficient (Wildman–Crippen LogP) is 2.25. The number of carbonyl (C=O) groups excluding carboxylic acids is 2. The zero-order valence-electron chi connectivity index (χ0n) is 15.9. The summed E-state index contributed by atoms with van der Waals surface area (Å²) in [5, 5.41) is 2.64. The molecule has 2 aromatic rings. The first-order chi connectivity index (χ1) is 13.5. The molecule has 1 amide bonds. The van der Waals surface area contributed by atoms with Crippen molar-refractivity contribution in [3.05, 3.63) is 53.3 Å². The Morgan fingerprint density at radius 2 is 1.64 bits per heavy atom. The van der Waals surface area contributed by atoms with E-state index in [1.807, 2.05) is 0 Å². The van der Waals surface area contributed by atoms with Gasteiger partial charge in [0.05, 0.1) is 27.8 Å². The number of amides is 1. The summed E-state index contributed by atoms with van der Waals surface area (Å²) in [7, 11) is 4.50. The van der Waals surface area contributed by atoms with Gasteiger partial charge in [0.15, 0.2) is 18.1 Å². The van der Waals surface area contributed by atoms with Gasteiger partial charge in [0.2, 0.25) is 5.75 Å². The molecule has 0 aliphatic carbocycles. The molecule has 0 spiro atoms. The van der Waals surface area contributed by atoms with Crippen LogP contribution < -0.4 is 19.5 Å². The third-order valence-corrected chi connectivity index (χ3v) is 3.82. The standard InChI is InChI=1S/C20H22FNO6/c1-25-16-8-14(9-17(26-2)20(16)27-3)11-22-18(23)12-28-19(24)10-13-5-4-6-15(21)7-13/h4-9H,10-12H2,1-3H3,(H,22,23). The van der Waals surface area contributed by atoms with Crippen LogP contribution >= 0.6 is 0 Å². The van der Waals surface area contributed by atoms with E-state index >= 15 is 0 Å². The monoisotopic (exact) mass is 391 g/mol. The van der Waals surface area contributed by atoms with E-state index in [1.54, 1.807) is 18.2 Å². The molecular weight excluding hydrogens is 369 g/mol. The molecule has 0 heterocycles. The Balaban J connectivity index is 1.86. The van der Waals surface area contributed by atoms with Crippen LogP contribution in [0, 0.1) is 5.82 Å². The number of hydrogen-bond donors (Lipinski definition) is 1. The van der Waals surface area contributed by atoms with Gasteiger partial charge in [0.25, 0.3) is 5.91 Å². The maximum Gasteiger partial charge on any atom is 0.310 e. The van der Waals surface area contributed by atoms with Crippen molar-refractivity contribution < 1.29 is 32.9 Å². The number of esters is 1. The molecule has 0 saturated carbocycles. The van der Waals surface area contributed by atoms with Gasteiger partial charge in [-0.15, -0.1) is 0 Å². The molecule has 0 saturated heterocycles. The van der Waals surface area contributed by atoms with Gasteiger partial charge in [-0.05, 0) is 35.4 Å². The third-order valence-electron chi connectivity index (χ3n) is 3.82. The summed E-state index contributed by atoms with van der Waals surface area (Å²) in [6, 6.07) is 9.04. The van der Waals surface area contributed by atoms with E-state index < -0.39 is 24.3 Å². The molecule has 0 fully saturated rings. The quantitative estimate of drug-likeness (QED) is 0.661. The first-order valence-corrected chi connectivity index (χ1v) is 8.42. The first kappa shape index (κ1) is 21.0. The highest BCUT2D eigenvalue weighted by molar-refractivity contribution is 5.81. The number of benzene rings is 2. The molecule has 28 heavy (non-hydrogen) atoms. The Hall–Kier alpha value is -3.29. The predicted molar refractivity (Wildman–Crippen MR) is 99.0 cm³/mol. The van der Waals surface area contributed by atoms with Crippen molar-refractivity contribution in [3.63, 3.8) is 0 Å². The van der Waals surface area contributed by atoms with Crippen LogP contribution in [0.4, 0.5) is 4.39 Å². The van der Waals surface area contributed by atoms with Crippen molar-refractivity contribution in [1.82, 2.24) is 5.32 Å². The Morgan fingerprint density at radius 1 is 0.964 bits per heavy atom. The van der Waals surface area contributed by atoms with Gasteiger partial charge in [0.1, 0.15) is 5.82 Å². The minimum Gasteiger partial charge on any atom is -0.493 e. The fourth-order valence-corrected chi connectivity index (χ4v) is 2.50. The average molecular weight is 391 g/mol. The Bertz CT molecular complexity index is 814. The van der Waals surface area contributed by atoms with Crippen LogP contribution in [0.1, 0.15) is 11.1 Å². The summed E-state index contributed by atoms with van der Waals surface area (Å²) in [4.78, 5) is 23.7. The lowest BCUT2D eigenvalue weighted by Crippen LogP contribution is -2.28. The highest BCUT2D eigenvalue weighted by Crippen LogP contribution is 2.38. The normalized spacial score (nSPS) is 10.1. The van der Waals surface area contributed by atoms with E-state index in [0.717, 1.165) is 0 Å². The lowest BCUT2D eigenvalue weighted by atomic mass is 10.1. The zero-order valence-corrected chi connectivity index (χ0v) is 15.9. The summed E-state index contributed by atoms with van der Waals surface area (Å²) in [5.41, 5.74) is 1.19. The topological polar surface area (TPSA) is 83.1 Å². The van der Waals surface area contributed by atoms with Gasteiger partial charge in [-0.3, -0.25) is 9.59 Å². The second kappa shape index (κ2) is 10.1. The van der Waals surface area contributed by atoms with Crippen LogP contribution in [-0.2, 0) is 27.3 Å². The van der Waals surface area contributed by atoms with Gasteiger partial charge < -0.3 is 24.3 Å². The Labute approximate surface area is 162 Å². The van der Waals surface area contributed by atoms with Crippen molar-refractivity contribution in [2.24, 2.45) is 0 Å². The zero-order chi connectivity index (χ0) is 20.5. The van der Waals surface area contributed by atoms with Gasteiger partial charge in [-0.2, -0.15) is 0 Å². The van der Waals surface area contributed by atoms with Crippen molar-refractivity contribution in [1.29, 1.82) is 0 Å². The van der Waals surface area contributed by atoms with Gasteiger partial charge in [0, 0.05) is 6.54 Å². The highest BCUT2D eigenvalue weighted by atomic mass is 19.1. The fraction of sp³-hybridized carbons (Fsp3) is 0.300. The molecule has 0 unspecified atom stereocenters. The number of methoxy groups -OCH3 is 3. The summed E-state index contributed by atoms with van der Waals surface area (Å²) in [5.74, 6) is -0.144. The van der Waals surface area contributed by atoms with Crippen molar-refractivity contribution in [3.8, 4) is 17.2 Å². The molecule has 0 atom stereocenters. The number of rotatable bonds is 9. The van der Waals surface area contributed by atoms with E-state index in [2.05, 4.69) is 5.32 Å². The van der Waals surface area contributed by atoms with Gasteiger partial charge in [-0.1, -0.05) is 12.1 Å². The maximum absolute atomic E-state index is 13.1. The lowest BCUT2D eigenvalue weighted by molar-refractivity contribution is -0.147. The van der Waals surface area contributed by atoms with Crippen LogP contribution in [0.5, 0.6) is 17.2 Å². The number of nitrogens with one attached hydrogen (secondary N) is 1. The SMILES string of the molecule is COc1cc(CNC(=O)COC(=O)Cc2cccc(F)c2)cc(OC)c1OC. The number of halogens is 1. The van der Waals surface area contributed by atoms with Gasteiger partial charge >= 0.3 is 5.97 Å². The minimum atomic E-state index is -0.617. The number of carbonyl (C=O) groups is 2. The average Bonchev–Trinajstić information content (AvgIpc) is 2.69. The largest absolute Gasteiger partial charge is 0.493 e. The second-order valence-corrected chi connectivity index (χ2v) is 5.78. The molecule has 2 aromatic carbocycles. The van der Waals surface area contributed by atoms with Crippen molar-refractivity contribution in [2.75, 3.05) is 27.9 Å². The molecule has 1 N–H and O–H groups in total. The lowest BCUT2D eigenvalue weighted by Gasteiger charge is -2.14. The van der Waals surface area contributed by atoms with E-state index in [1.165, 1.54) is 39.5 Å². The third kappa shape index (κ3) is 5.87. The Morgan fingerprint density at radius 3 is 2.21 bits per heavy atom. The van der Waals surface area contributed by atoms with E-state index in [4.69, 9.17) is 18.9 Å². The number of ether oxygens (including phenoxy) is 4. The summed E-state index contributed by atoms with van der Waals surface area (Å²) >= 11 is 0. The van der Waals surface area contributed by atoms with E-state index in [9.17, 15) is 14.0 Å². The summed E-state index contributed by atoms with van der Waals surface area (Å²) in [6.45, 7) is -0.254. The summed E-state index contributed by atoms with van der Waals surface area (Å²) in [6.07, 6.45) is -0.113. The summed E-state index contributed by atoms with van der Waals surface area (Å²) < 4.78 is 33.8. The van der Waals surface area contributed by atoms with Gasteiger partial charge in [-0.25, -0.2) is 4.39 Å². The van der Waals surface area contributed by atoms with Crippen LogP contribution in [0.2, 0.25) is 0 Å². The molecule has 2 rings (SSSR count). The van der Waals surface area contributed by atoms with Crippen molar-refractivity contribution >= 4 is 11.9 Å². The van der Waals surface area contributed by atoms with Crippen LogP contribution in [0.15, 0.2) is 36.4 Å². The number of hydrogen-bond acceptors (Lipinski definition) is 6. The minimum absolute atomic E-state index is 0.113. The van der Waals surface area contributed by atoms with Crippen molar-refractivity contribution in [2.45, 2.75) is 13.0 Å². The van der Waals surface area contributed by atoms with E-state index in [-0.39, 0.29) is 13.0 Å². The molecule has 150 valence electrons. The second-order valence-electron chi connectivity index (χ2n) is 5.78. The molecule has 0 bridgehead atoms. The smallest absolute Gasteiger partial charge is 0.310 e. The first-order valence-electron chi connectivity index (χ1n) is 8.42. The maximum atomic E-state index is 13.1. The molecular formula is C20H22FNO6. The molecule has 8 heteroatoms. The van der Waals surface area contributed by atoms with Crippen LogP contribution in [0.25, 0.3) is 0 Å². The molecule has 7 nitrogen and oxygen atoms in total. The molecule has 0 aliphatic rings. The molecule has 0 aromatic heterocycles. The van der Waals surface area contributed by atoms with Crippen LogP contribution in [-0.4, -0.2) is 39.8 Å². The van der Waals surface area contributed by atoms with E-state index in [0.29, 0.717) is 28.4 Å². The highest BCUT2D eigenvalue weighted by Gasteiger charge is 2.14. The molecule has 0 radical (unpaired) electrons. The fourth-order valence-electron chi connectivity index (χ4n) is 2.50.